The Bertz CT molecular complexity index is 607. The lowest BCUT2D eigenvalue weighted by atomic mass is 10.1. The predicted octanol–water partition coefficient (Wildman–Crippen LogP) is 2.08. The van der Waals surface area contributed by atoms with Gasteiger partial charge in [0.2, 0.25) is 0 Å². The van der Waals surface area contributed by atoms with Crippen molar-refractivity contribution in [3.05, 3.63) is 33.9 Å². The minimum absolute atomic E-state index is 0.0655. The van der Waals surface area contributed by atoms with Crippen LogP contribution in [0.25, 0.3) is 0 Å². The molecule has 0 saturated carbocycles. The SMILES string of the molecule is CC(=O)C(CCC(N)C(=O)O)OSc1cc(C)ccc1[N+](=O)[O-]. The highest BCUT2D eigenvalue weighted by Crippen LogP contribution is 2.32. The zero-order valence-electron chi connectivity index (χ0n) is 12.7. The largest absolute Gasteiger partial charge is 0.480 e. The second kappa shape index (κ2) is 8.61. The van der Waals surface area contributed by atoms with Crippen LogP contribution in [0.3, 0.4) is 0 Å². The van der Waals surface area contributed by atoms with Crippen molar-refractivity contribution in [1.82, 2.24) is 0 Å². The topological polar surface area (TPSA) is 133 Å². The Labute approximate surface area is 137 Å². The molecule has 0 spiro atoms. The maximum atomic E-state index is 11.6. The summed E-state index contributed by atoms with van der Waals surface area (Å²) in [6.07, 6.45) is -0.698. The van der Waals surface area contributed by atoms with Gasteiger partial charge in [0.25, 0.3) is 5.69 Å². The van der Waals surface area contributed by atoms with Crippen LogP contribution in [0.4, 0.5) is 5.69 Å². The predicted molar refractivity (Wildman–Crippen MR) is 84.1 cm³/mol. The quantitative estimate of drug-likeness (QED) is 0.396. The Morgan fingerprint density at radius 2 is 2.09 bits per heavy atom. The van der Waals surface area contributed by atoms with Crippen LogP contribution in [0, 0.1) is 17.0 Å². The van der Waals surface area contributed by atoms with Crippen LogP contribution in [0.5, 0.6) is 0 Å². The molecular formula is C14H18N2O6S. The highest BCUT2D eigenvalue weighted by molar-refractivity contribution is 7.94. The second-order valence-corrected chi connectivity index (χ2v) is 5.83. The Hall–Kier alpha value is -1.97. The number of rotatable bonds is 9. The first-order chi connectivity index (χ1) is 10.7. The van der Waals surface area contributed by atoms with Crippen LogP contribution in [-0.2, 0) is 13.8 Å². The van der Waals surface area contributed by atoms with Gasteiger partial charge in [-0.2, -0.15) is 0 Å². The van der Waals surface area contributed by atoms with Gasteiger partial charge in [-0.3, -0.25) is 23.9 Å². The van der Waals surface area contributed by atoms with E-state index in [-0.39, 0.29) is 29.2 Å². The number of aliphatic carboxylic acids is 1. The molecule has 0 fully saturated rings. The minimum atomic E-state index is -1.16. The number of carbonyl (C=O) groups is 2. The van der Waals surface area contributed by atoms with E-state index in [0.29, 0.717) is 0 Å². The van der Waals surface area contributed by atoms with Gasteiger partial charge in [0.15, 0.2) is 5.78 Å². The van der Waals surface area contributed by atoms with Crippen molar-refractivity contribution in [3.63, 3.8) is 0 Å². The lowest BCUT2D eigenvalue weighted by Gasteiger charge is -2.15. The molecule has 1 aromatic carbocycles. The zero-order chi connectivity index (χ0) is 17.6. The van der Waals surface area contributed by atoms with E-state index in [4.69, 9.17) is 15.0 Å². The number of benzene rings is 1. The van der Waals surface area contributed by atoms with Gasteiger partial charge in [-0.25, -0.2) is 0 Å². The molecule has 9 heteroatoms. The summed E-state index contributed by atoms with van der Waals surface area (Å²) in [5.41, 5.74) is 6.09. The smallest absolute Gasteiger partial charge is 0.320 e. The van der Waals surface area contributed by atoms with Gasteiger partial charge in [0.1, 0.15) is 17.0 Å². The zero-order valence-corrected chi connectivity index (χ0v) is 13.5. The maximum Gasteiger partial charge on any atom is 0.320 e. The number of nitro benzene ring substituents is 1. The summed E-state index contributed by atoms with van der Waals surface area (Å²) in [7, 11) is 0. The van der Waals surface area contributed by atoms with Gasteiger partial charge in [-0.05, 0) is 38.3 Å². The Morgan fingerprint density at radius 1 is 1.43 bits per heavy atom. The number of hydrogen-bond acceptors (Lipinski definition) is 7. The van der Waals surface area contributed by atoms with Crippen LogP contribution in [0.15, 0.2) is 23.1 Å². The third-order valence-corrected chi connectivity index (χ3v) is 3.91. The van der Waals surface area contributed by atoms with Crippen LogP contribution in [0.2, 0.25) is 0 Å². The lowest BCUT2D eigenvalue weighted by molar-refractivity contribution is -0.387. The first-order valence-corrected chi connectivity index (χ1v) is 7.53. The van der Waals surface area contributed by atoms with Crippen molar-refractivity contribution in [2.45, 2.75) is 43.7 Å². The molecule has 0 heterocycles. The average Bonchev–Trinajstić information content (AvgIpc) is 2.45. The number of nitrogens with zero attached hydrogens (tertiary/aromatic N) is 1. The van der Waals surface area contributed by atoms with Crippen molar-refractivity contribution >= 4 is 29.5 Å². The monoisotopic (exact) mass is 342 g/mol. The van der Waals surface area contributed by atoms with Crippen LogP contribution >= 0.6 is 12.0 Å². The maximum absolute atomic E-state index is 11.6. The average molecular weight is 342 g/mol. The number of nitrogens with two attached hydrogens (primary N) is 1. The van der Waals surface area contributed by atoms with Crippen LogP contribution in [-0.4, -0.2) is 33.9 Å². The molecule has 2 unspecified atom stereocenters. The summed E-state index contributed by atoms with van der Waals surface area (Å²) in [6, 6.07) is 3.47. The van der Waals surface area contributed by atoms with Crippen molar-refractivity contribution in [2.75, 3.05) is 0 Å². The first-order valence-electron chi connectivity index (χ1n) is 6.79. The molecule has 0 aliphatic heterocycles. The van der Waals surface area contributed by atoms with Gasteiger partial charge in [0.05, 0.1) is 4.92 Å². The Balaban J connectivity index is 2.76. The molecular weight excluding hydrogens is 324 g/mol. The molecule has 2 atom stereocenters. The number of carbonyl (C=O) groups excluding carboxylic acids is 1. The molecule has 0 radical (unpaired) electrons. The highest BCUT2D eigenvalue weighted by Gasteiger charge is 2.22. The normalized spacial score (nSPS) is 13.3. The number of carboxylic acids is 1. The van der Waals surface area contributed by atoms with Gasteiger partial charge in [-0.1, -0.05) is 6.07 Å². The van der Waals surface area contributed by atoms with Crippen LogP contribution < -0.4 is 5.73 Å². The van der Waals surface area contributed by atoms with E-state index in [1.54, 1.807) is 19.1 Å². The molecule has 126 valence electrons. The van der Waals surface area contributed by atoms with Gasteiger partial charge >= 0.3 is 5.97 Å². The third kappa shape index (κ3) is 5.97. The number of hydrogen-bond donors (Lipinski definition) is 2. The minimum Gasteiger partial charge on any atom is -0.480 e. The first kappa shape index (κ1) is 19.1. The lowest BCUT2D eigenvalue weighted by Crippen LogP contribution is -2.32. The fourth-order valence-corrected chi connectivity index (χ4v) is 2.64. The summed E-state index contributed by atoms with van der Waals surface area (Å²) in [4.78, 5) is 33.0. The van der Waals surface area contributed by atoms with Crippen LogP contribution in [0.1, 0.15) is 25.3 Å². The molecule has 0 aromatic heterocycles. The summed E-state index contributed by atoms with van der Waals surface area (Å²) in [5.74, 6) is -1.46. The van der Waals surface area contributed by atoms with Gasteiger partial charge in [0, 0.05) is 18.1 Å². The number of Topliss-reactive ketones (excluding diaryl/α,β-unsaturated/α-hetero) is 1. The Morgan fingerprint density at radius 3 is 2.61 bits per heavy atom. The number of nitro groups is 1. The number of ketones is 1. The van der Waals surface area contributed by atoms with Crippen molar-refractivity contribution < 1.29 is 23.8 Å². The van der Waals surface area contributed by atoms with E-state index in [9.17, 15) is 19.7 Å². The third-order valence-electron chi connectivity index (χ3n) is 3.08. The van der Waals surface area contributed by atoms with Crippen molar-refractivity contribution in [3.8, 4) is 0 Å². The summed E-state index contributed by atoms with van der Waals surface area (Å²) in [5, 5.41) is 19.7. The molecule has 0 aliphatic carbocycles. The molecule has 3 N–H and O–H groups in total. The fourth-order valence-electron chi connectivity index (χ4n) is 1.72. The van der Waals surface area contributed by atoms with E-state index in [0.717, 1.165) is 17.6 Å². The number of carboxylic acid groups (broad SMARTS) is 1. The molecule has 1 rings (SSSR count). The van der Waals surface area contributed by atoms with Gasteiger partial charge in [-0.15, -0.1) is 0 Å². The molecule has 1 aromatic rings. The summed E-state index contributed by atoms with van der Waals surface area (Å²) in [6.45, 7) is 3.09. The molecule has 0 bridgehead atoms. The van der Waals surface area contributed by atoms with E-state index in [1.807, 2.05) is 0 Å². The molecule has 0 amide bonds. The van der Waals surface area contributed by atoms with E-state index in [2.05, 4.69) is 0 Å². The highest BCUT2D eigenvalue weighted by atomic mass is 32.2. The summed E-state index contributed by atoms with van der Waals surface area (Å²) < 4.78 is 5.38. The van der Waals surface area contributed by atoms with E-state index in [1.165, 1.54) is 13.0 Å². The second-order valence-electron chi connectivity index (χ2n) is 5.03. The molecule has 23 heavy (non-hydrogen) atoms. The molecule has 8 nitrogen and oxygen atoms in total. The van der Waals surface area contributed by atoms with Crippen molar-refractivity contribution in [2.24, 2.45) is 5.73 Å². The van der Waals surface area contributed by atoms with E-state index < -0.39 is 23.0 Å². The van der Waals surface area contributed by atoms with E-state index >= 15 is 0 Å². The van der Waals surface area contributed by atoms with Crippen molar-refractivity contribution in [1.29, 1.82) is 0 Å². The molecule has 0 saturated heterocycles. The fraction of sp³-hybridized carbons (Fsp3) is 0.429. The summed E-state index contributed by atoms with van der Waals surface area (Å²) >= 11 is 0.735. The standard InChI is InChI=1S/C14H18N2O6S/c1-8-3-5-11(16(20)21)13(7-8)23-22-12(9(2)17)6-4-10(15)14(18)19/h3,5,7,10,12H,4,6,15H2,1-2H3,(H,18,19). The van der Waals surface area contributed by atoms with Gasteiger partial charge < -0.3 is 10.8 Å². The molecule has 0 aliphatic rings. The number of aryl methyl sites for hydroxylation is 1. The Kier molecular flexibility index (Phi) is 7.14.